The molecule has 0 saturated carbocycles. The Morgan fingerprint density at radius 1 is 1.42 bits per heavy atom. The van der Waals surface area contributed by atoms with Crippen LogP contribution in [0.1, 0.15) is 5.89 Å². The second kappa shape index (κ2) is 2.49. The molecule has 0 aliphatic carbocycles. The van der Waals surface area contributed by atoms with Crippen LogP contribution in [0.15, 0.2) is 22.6 Å². The van der Waals surface area contributed by atoms with Crippen molar-refractivity contribution in [3.8, 4) is 5.75 Å². The molecule has 0 fully saturated rings. The molecule has 2 N–H and O–H groups in total. The van der Waals surface area contributed by atoms with E-state index in [9.17, 15) is 5.11 Å². The lowest BCUT2D eigenvalue weighted by Gasteiger charge is -1.87. The van der Waals surface area contributed by atoms with Gasteiger partial charge in [0.25, 0.3) is 0 Å². The number of fused-ring (bicyclic) bond motifs is 1. The molecule has 0 unspecified atom stereocenters. The number of para-hydroxylation sites is 1. The van der Waals surface area contributed by atoms with E-state index < -0.39 is 0 Å². The second-order valence-electron chi connectivity index (χ2n) is 2.39. The van der Waals surface area contributed by atoms with E-state index in [0.717, 1.165) is 0 Å². The van der Waals surface area contributed by atoms with Crippen molar-refractivity contribution in [2.45, 2.75) is 6.61 Å². The maximum absolute atomic E-state index is 9.28. The van der Waals surface area contributed by atoms with Crippen molar-refractivity contribution in [3.63, 3.8) is 0 Å². The number of phenolic OH excluding ortho intramolecular Hbond substituents is 1. The lowest BCUT2D eigenvalue weighted by Crippen LogP contribution is -1.79. The molecule has 0 saturated heterocycles. The highest BCUT2D eigenvalue weighted by atomic mass is 16.4. The Balaban J connectivity index is 2.74. The molecule has 0 spiro atoms. The van der Waals surface area contributed by atoms with Crippen molar-refractivity contribution in [3.05, 3.63) is 24.1 Å². The molecule has 2 rings (SSSR count). The zero-order chi connectivity index (χ0) is 8.55. The Labute approximate surface area is 68.1 Å². The van der Waals surface area contributed by atoms with E-state index >= 15 is 0 Å². The molecule has 1 aromatic carbocycles. The fourth-order valence-corrected chi connectivity index (χ4v) is 1.05. The third kappa shape index (κ3) is 0.931. The van der Waals surface area contributed by atoms with Crippen LogP contribution in [-0.4, -0.2) is 15.2 Å². The summed E-state index contributed by atoms with van der Waals surface area (Å²) in [7, 11) is 0. The van der Waals surface area contributed by atoms with Crippen LogP contribution in [0, 0.1) is 0 Å². The van der Waals surface area contributed by atoms with Crippen molar-refractivity contribution in [2.75, 3.05) is 0 Å². The van der Waals surface area contributed by atoms with Gasteiger partial charge >= 0.3 is 0 Å². The van der Waals surface area contributed by atoms with Gasteiger partial charge in [-0.3, -0.25) is 0 Å². The Hall–Kier alpha value is -1.55. The van der Waals surface area contributed by atoms with Crippen LogP contribution in [0.2, 0.25) is 0 Å². The van der Waals surface area contributed by atoms with E-state index in [0.29, 0.717) is 11.1 Å². The summed E-state index contributed by atoms with van der Waals surface area (Å²) >= 11 is 0. The molecule has 4 nitrogen and oxygen atoms in total. The summed E-state index contributed by atoms with van der Waals surface area (Å²) in [6.07, 6.45) is 0. The fraction of sp³-hybridized carbons (Fsp3) is 0.125. The topological polar surface area (TPSA) is 66.5 Å². The minimum Gasteiger partial charge on any atom is -0.506 e. The maximum atomic E-state index is 9.28. The number of benzene rings is 1. The molecule has 0 atom stereocenters. The monoisotopic (exact) mass is 165 g/mol. The molecule has 62 valence electrons. The smallest absolute Gasteiger partial charge is 0.221 e. The third-order valence-electron chi connectivity index (χ3n) is 1.58. The van der Waals surface area contributed by atoms with Crippen molar-refractivity contribution in [2.24, 2.45) is 0 Å². The van der Waals surface area contributed by atoms with Gasteiger partial charge < -0.3 is 14.6 Å². The average molecular weight is 165 g/mol. The number of aliphatic hydroxyl groups is 1. The van der Waals surface area contributed by atoms with Gasteiger partial charge in [-0.2, -0.15) is 0 Å². The van der Waals surface area contributed by atoms with Crippen LogP contribution in [0.3, 0.4) is 0 Å². The van der Waals surface area contributed by atoms with E-state index in [1.54, 1.807) is 12.1 Å². The summed E-state index contributed by atoms with van der Waals surface area (Å²) in [5.41, 5.74) is 0.876. The van der Waals surface area contributed by atoms with Crippen LogP contribution >= 0.6 is 0 Å². The van der Waals surface area contributed by atoms with Crippen LogP contribution < -0.4 is 0 Å². The van der Waals surface area contributed by atoms with E-state index in [4.69, 9.17) is 9.52 Å². The molecule has 12 heavy (non-hydrogen) atoms. The van der Waals surface area contributed by atoms with Gasteiger partial charge in [0.2, 0.25) is 5.89 Å². The molecule has 0 amide bonds. The summed E-state index contributed by atoms with van der Waals surface area (Å²) in [6.45, 7) is -0.256. The van der Waals surface area contributed by atoms with Gasteiger partial charge in [-0.05, 0) is 12.1 Å². The molecule has 2 aromatic rings. The first-order chi connectivity index (χ1) is 5.81. The normalized spacial score (nSPS) is 10.8. The van der Waals surface area contributed by atoms with E-state index in [1.807, 2.05) is 0 Å². The standard InChI is InChI=1S/C8H7NO3/c10-4-7-9-8-5(11)2-1-3-6(8)12-7/h1-3,10-11H,4H2. The number of aromatic nitrogens is 1. The van der Waals surface area contributed by atoms with Gasteiger partial charge in [-0.25, -0.2) is 4.98 Å². The third-order valence-corrected chi connectivity index (χ3v) is 1.58. The van der Waals surface area contributed by atoms with Gasteiger partial charge in [0.15, 0.2) is 11.1 Å². The molecule has 0 aliphatic rings. The highest BCUT2D eigenvalue weighted by molar-refractivity contribution is 5.79. The zero-order valence-electron chi connectivity index (χ0n) is 6.19. The van der Waals surface area contributed by atoms with E-state index in [2.05, 4.69) is 4.98 Å². The number of hydrogen-bond acceptors (Lipinski definition) is 4. The fourth-order valence-electron chi connectivity index (χ4n) is 1.05. The number of nitrogens with zero attached hydrogens (tertiary/aromatic N) is 1. The first kappa shape index (κ1) is 7.12. The molecule has 4 heteroatoms. The summed E-state index contributed by atoms with van der Waals surface area (Å²) in [5, 5.41) is 18.0. The van der Waals surface area contributed by atoms with Crippen molar-refractivity contribution < 1.29 is 14.6 Å². The SMILES string of the molecule is OCc1nc2c(O)cccc2o1. The Bertz CT molecular complexity index is 408. The van der Waals surface area contributed by atoms with Gasteiger partial charge in [0.05, 0.1) is 0 Å². The Morgan fingerprint density at radius 3 is 2.92 bits per heavy atom. The minimum absolute atomic E-state index is 0.0657. The number of rotatable bonds is 1. The number of oxazole rings is 1. The maximum Gasteiger partial charge on any atom is 0.221 e. The van der Waals surface area contributed by atoms with Crippen LogP contribution in [-0.2, 0) is 6.61 Å². The first-order valence-corrected chi connectivity index (χ1v) is 3.49. The van der Waals surface area contributed by atoms with Gasteiger partial charge in [0, 0.05) is 0 Å². The number of aliphatic hydroxyl groups excluding tert-OH is 1. The average Bonchev–Trinajstić information content (AvgIpc) is 2.49. The molecule has 0 aliphatic heterocycles. The number of hydrogen-bond donors (Lipinski definition) is 2. The summed E-state index contributed by atoms with van der Waals surface area (Å²) in [4.78, 5) is 3.86. The van der Waals surface area contributed by atoms with Crippen molar-refractivity contribution >= 4 is 11.1 Å². The van der Waals surface area contributed by atoms with Gasteiger partial charge in [-0.15, -0.1) is 0 Å². The lowest BCUT2D eigenvalue weighted by atomic mass is 10.3. The molecule has 1 heterocycles. The summed E-state index contributed by atoms with van der Waals surface area (Å²) in [5.74, 6) is 0.280. The van der Waals surface area contributed by atoms with Crippen LogP contribution in [0.5, 0.6) is 5.75 Å². The predicted molar refractivity (Wildman–Crippen MR) is 41.6 cm³/mol. The van der Waals surface area contributed by atoms with Crippen LogP contribution in [0.25, 0.3) is 11.1 Å². The lowest BCUT2D eigenvalue weighted by molar-refractivity contribution is 0.244. The van der Waals surface area contributed by atoms with Gasteiger partial charge in [-0.1, -0.05) is 6.07 Å². The summed E-state index contributed by atoms with van der Waals surface area (Å²) < 4.78 is 5.08. The van der Waals surface area contributed by atoms with Crippen molar-refractivity contribution in [1.29, 1.82) is 0 Å². The molecular formula is C8H7NO3. The molecule has 0 bridgehead atoms. The Kier molecular flexibility index (Phi) is 1.48. The highest BCUT2D eigenvalue weighted by Gasteiger charge is 2.06. The minimum atomic E-state index is -0.256. The number of aromatic hydroxyl groups is 1. The Morgan fingerprint density at radius 2 is 2.25 bits per heavy atom. The predicted octanol–water partition coefficient (Wildman–Crippen LogP) is 1.03. The largest absolute Gasteiger partial charge is 0.506 e. The first-order valence-electron chi connectivity index (χ1n) is 3.49. The second-order valence-corrected chi connectivity index (χ2v) is 2.39. The zero-order valence-corrected chi connectivity index (χ0v) is 6.19. The molecule has 1 aromatic heterocycles. The summed E-state index contributed by atoms with van der Waals surface area (Å²) in [6, 6.07) is 4.86. The molecule has 0 radical (unpaired) electrons. The quantitative estimate of drug-likeness (QED) is 0.662. The molecular weight excluding hydrogens is 158 g/mol. The van der Waals surface area contributed by atoms with E-state index in [1.165, 1.54) is 6.07 Å². The van der Waals surface area contributed by atoms with Gasteiger partial charge in [0.1, 0.15) is 12.4 Å². The van der Waals surface area contributed by atoms with Crippen molar-refractivity contribution in [1.82, 2.24) is 4.98 Å². The van der Waals surface area contributed by atoms with Crippen LogP contribution in [0.4, 0.5) is 0 Å². The van der Waals surface area contributed by atoms with E-state index in [-0.39, 0.29) is 18.2 Å². The highest BCUT2D eigenvalue weighted by Crippen LogP contribution is 2.23. The number of phenols is 1.